The van der Waals surface area contributed by atoms with Gasteiger partial charge >= 0.3 is 5.97 Å². The van der Waals surface area contributed by atoms with Gasteiger partial charge in [-0.1, -0.05) is 0 Å². The molecule has 0 aromatic carbocycles. The van der Waals surface area contributed by atoms with Crippen LogP contribution in [0.15, 0.2) is 0 Å². The summed E-state index contributed by atoms with van der Waals surface area (Å²) in [6, 6.07) is 0. The lowest BCUT2D eigenvalue weighted by molar-refractivity contribution is -0.356. The van der Waals surface area contributed by atoms with E-state index in [0.29, 0.717) is 0 Å². The zero-order valence-electron chi connectivity index (χ0n) is 29.4. The van der Waals surface area contributed by atoms with E-state index in [0.717, 1.165) is 7.11 Å². The van der Waals surface area contributed by atoms with E-state index in [2.05, 4.69) is 0 Å². The van der Waals surface area contributed by atoms with E-state index >= 15 is 0 Å². The Morgan fingerprint density at radius 2 is 0.893 bits per heavy atom. The zero-order chi connectivity index (χ0) is 41.3. The Labute approximate surface area is 316 Å². The first-order valence-corrected chi connectivity index (χ1v) is 17.4. The van der Waals surface area contributed by atoms with Crippen molar-refractivity contribution in [1.29, 1.82) is 0 Å². The molecule has 5 aliphatic heterocycles. The third kappa shape index (κ3) is 9.44. The van der Waals surface area contributed by atoms with E-state index in [1.54, 1.807) is 0 Å². The van der Waals surface area contributed by atoms with E-state index in [4.69, 9.17) is 47.4 Å². The molecule has 0 radical (unpaired) electrons. The van der Waals surface area contributed by atoms with Crippen LogP contribution in [-0.4, -0.2) is 264 Å². The van der Waals surface area contributed by atoms with Crippen LogP contribution in [0.2, 0.25) is 0 Å². The average Bonchev–Trinajstić information content (AvgIpc) is 3.44. The van der Waals surface area contributed by atoms with Crippen LogP contribution in [0.3, 0.4) is 0 Å². The van der Waals surface area contributed by atoms with E-state index in [9.17, 15) is 81.4 Å². The van der Waals surface area contributed by atoms with Crippen LogP contribution in [0.4, 0.5) is 0 Å². The van der Waals surface area contributed by atoms with Gasteiger partial charge in [0.05, 0.1) is 26.4 Å². The SMILES string of the molecule is CO[C@@H]1[C@@H](O)[C@H](OC[C@H]2O[C@@H](OC[C@H]3O[C@@H](OC[C@H]4OC(O)[C@H](O)[C@@H](O)[C@H]4O)[C@H](O)[C@@H](O)[C@H]3O)[C@H](O)[C@@H](O[C@@H]3O[C@@H](CO)[C@H](O)[C@H]3O)[C@H]2O)O[C@H](C(=O)O)[C@H]1O. The maximum absolute atomic E-state index is 11.7. The molecule has 0 saturated carbocycles. The summed E-state index contributed by atoms with van der Waals surface area (Å²) >= 11 is 0. The van der Waals surface area contributed by atoms with Gasteiger partial charge in [-0.25, -0.2) is 4.79 Å². The Hall–Kier alpha value is -1.49. The van der Waals surface area contributed by atoms with Crippen LogP contribution in [-0.2, 0) is 52.2 Å². The number of ether oxygens (including phenoxy) is 10. The summed E-state index contributed by atoms with van der Waals surface area (Å²) in [5, 5.41) is 154. The highest BCUT2D eigenvalue weighted by atomic mass is 16.8. The average molecular weight is 827 g/mol. The van der Waals surface area contributed by atoms with E-state index in [1.807, 2.05) is 0 Å². The van der Waals surface area contributed by atoms with Crippen molar-refractivity contribution < 1.29 is 129 Å². The number of carboxylic acid groups (broad SMARTS) is 1. The number of hydrogen-bond acceptors (Lipinski definition) is 25. The first kappa shape index (κ1) is 45.6. The van der Waals surface area contributed by atoms with E-state index < -0.39 is 180 Å². The van der Waals surface area contributed by atoms with Crippen LogP contribution in [0.1, 0.15) is 0 Å². The molecule has 0 amide bonds. The van der Waals surface area contributed by atoms with Gasteiger partial charge in [-0.3, -0.25) is 0 Å². The van der Waals surface area contributed by atoms with Gasteiger partial charge < -0.3 is 124 Å². The smallest absolute Gasteiger partial charge is 0.335 e. The molecule has 5 fully saturated rings. The summed E-state index contributed by atoms with van der Waals surface area (Å²) in [7, 11) is 1.08. The fourth-order valence-electron chi connectivity index (χ4n) is 6.76. The van der Waals surface area contributed by atoms with Gasteiger partial charge in [0.2, 0.25) is 0 Å². The largest absolute Gasteiger partial charge is 0.479 e. The minimum absolute atomic E-state index is 0.694. The lowest BCUT2D eigenvalue weighted by atomic mass is 9.97. The molecule has 0 bridgehead atoms. The number of aliphatic carboxylic acids is 1. The Morgan fingerprint density at radius 1 is 0.464 bits per heavy atom. The van der Waals surface area contributed by atoms with Gasteiger partial charge in [0, 0.05) is 7.11 Å². The summed E-state index contributed by atoms with van der Waals surface area (Å²) in [5.41, 5.74) is 0. The topological polar surface area (TPSA) is 413 Å². The predicted octanol–water partition coefficient (Wildman–Crippen LogP) is -10.5. The van der Waals surface area contributed by atoms with Gasteiger partial charge in [-0.2, -0.15) is 0 Å². The van der Waals surface area contributed by atoms with Crippen molar-refractivity contribution in [3.63, 3.8) is 0 Å². The number of carboxylic acids is 1. The first-order valence-electron chi connectivity index (χ1n) is 17.4. The van der Waals surface area contributed by atoms with Crippen molar-refractivity contribution >= 4 is 5.97 Å². The summed E-state index contributed by atoms with van der Waals surface area (Å²) in [6.07, 6.45) is -42.7. The van der Waals surface area contributed by atoms with E-state index in [1.165, 1.54) is 0 Å². The summed E-state index contributed by atoms with van der Waals surface area (Å²) in [4.78, 5) is 11.7. The third-order valence-electron chi connectivity index (χ3n) is 10.1. The highest BCUT2D eigenvalue weighted by Crippen LogP contribution is 2.33. The fourth-order valence-corrected chi connectivity index (χ4v) is 6.76. The molecule has 26 nitrogen and oxygen atoms in total. The molecule has 5 aliphatic rings. The standard InChI is InChI=1S/C30H50O26/c1-47-22-19(41)24(25(44)45)56-29(20(22)42)50-5-9-13(35)23(55-30-17(39)10(32)6(2-31)52-30)21(43)28(54-9)49-4-8-12(34)15(37)18(40)27(53-8)48-3-7-11(33)14(36)16(38)26(46)51-7/h6-24,26-43,46H,2-5H2,1H3,(H,44,45)/t6-,7+,8+,9+,10-,11-,12-,13-,14-,15-,16+,17+,18+,19-,20+,21+,22-,23-,24-,26?,27+,28+,29+,30-/m0/s1. The van der Waals surface area contributed by atoms with Crippen LogP contribution in [0, 0.1) is 0 Å². The Kier molecular flexibility index (Phi) is 15.7. The normalized spacial score (nSPS) is 51.6. The Balaban J connectivity index is 1.29. The quantitative estimate of drug-likeness (QED) is 0.0773. The Morgan fingerprint density at radius 3 is 1.41 bits per heavy atom. The molecule has 326 valence electrons. The second-order valence-corrected chi connectivity index (χ2v) is 13.8. The maximum Gasteiger partial charge on any atom is 0.335 e. The van der Waals surface area contributed by atoms with Crippen molar-refractivity contribution in [2.24, 2.45) is 0 Å². The molecule has 0 spiro atoms. The number of hydrogen-bond donors (Lipinski definition) is 15. The molecule has 15 N–H and O–H groups in total. The molecule has 5 saturated heterocycles. The van der Waals surface area contributed by atoms with Crippen molar-refractivity contribution in [2.45, 2.75) is 147 Å². The van der Waals surface area contributed by atoms with Crippen LogP contribution in [0.25, 0.3) is 0 Å². The Bertz CT molecular complexity index is 1250. The molecular weight excluding hydrogens is 776 g/mol. The first-order chi connectivity index (χ1) is 26.4. The lowest BCUT2D eigenvalue weighted by Crippen LogP contribution is -2.64. The number of carbonyl (C=O) groups is 1. The molecule has 5 heterocycles. The van der Waals surface area contributed by atoms with Gasteiger partial charge in [0.25, 0.3) is 0 Å². The second-order valence-electron chi connectivity index (χ2n) is 13.8. The summed E-state index contributed by atoms with van der Waals surface area (Å²) in [5.74, 6) is -1.63. The van der Waals surface area contributed by atoms with Crippen LogP contribution in [0.5, 0.6) is 0 Å². The van der Waals surface area contributed by atoms with Crippen molar-refractivity contribution in [3.8, 4) is 0 Å². The number of rotatable bonds is 14. The van der Waals surface area contributed by atoms with E-state index in [-0.39, 0.29) is 0 Å². The highest BCUT2D eigenvalue weighted by molar-refractivity contribution is 5.73. The van der Waals surface area contributed by atoms with Crippen LogP contribution >= 0.6 is 0 Å². The zero-order valence-corrected chi connectivity index (χ0v) is 29.4. The van der Waals surface area contributed by atoms with Gasteiger partial charge in [0.1, 0.15) is 110 Å². The van der Waals surface area contributed by atoms with Gasteiger partial charge in [-0.15, -0.1) is 0 Å². The summed E-state index contributed by atoms with van der Waals surface area (Å²) in [6.45, 7) is -3.03. The fraction of sp³-hybridized carbons (Fsp3) is 0.967. The second kappa shape index (κ2) is 19.3. The van der Waals surface area contributed by atoms with Crippen molar-refractivity contribution in [1.82, 2.24) is 0 Å². The summed E-state index contributed by atoms with van der Waals surface area (Å²) < 4.78 is 53.9. The van der Waals surface area contributed by atoms with Crippen molar-refractivity contribution in [2.75, 3.05) is 33.5 Å². The monoisotopic (exact) mass is 826 g/mol. The number of aliphatic hydroxyl groups is 14. The highest BCUT2D eigenvalue weighted by Gasteiger charge is 2.54. The molecule has 0 aromatic heterocycles. The van der Waals surface area contributed by atoms with Crippen LogP contribution < -0.4 is 0 Å². The van der Waals surface area contributed by atoms with Gasteiger partial charge in [0.15, 0.2) is 37.6 Å². The molecule has 5 rings (SSSR count). The third-order valence-corrected chi connectivity index (χ3v) is 10.1. The van der Waals surface area contributed by atoms with Gasteiger partial charge in [-0.05, 0) is 0 Å². The molecule has 1 unspecified atom stereocenters. The molecule has 0 aliphatic carbocycles. The molecule has 0 aromatic rings. The minimum atomic E-state index is -2.01. The lowest BCUT2D eigenvalue weighted by Gasteiger charge is -2.45. The molecular formula is C30H50O26. The maximum atomic E-state index is 11.7. The number of aliphatic hydroxyl groups excluding tert-OH is 14. The van der Waals surface area contributed by atoms with Crippen molar-refractivity contribution in [3.05, 3.63) is 0 Å². The molecule has 24 atom stereocenters. The number of methoxy groups -OCH3 is 1. The predicted molar refractivity (Wildman–Crippen MR) is 166 cm³/mol. The molecule has 26 heteroatoms. The molecule has 56 heavy (non-hydrogen) atoms. The minimum Gasteiger partial charge on any atom is -0.479 e.